The average molecular weight is 706 g/mol. The van der Waals surface area contributed by atoms with Crippen molar-refractivity contribution in [3.8, 4) is 28.7 Å². The fourth-order valence-corrected chi connectivity index (χ4v) is 8.48. The minimum atomic E-state index is -0.251. The number of methoxy groups -OCH3 is 2. The molecular formula is C43H55N5O4. The van der Waals surface area contributed by atoms with E-state index in [1.54, 1.807) is 31.9 Å². The molecule has 6 rings (SSSR count). The molecule has 1 amide bonds. The van der Waals surface area contributed by atoms with Gasteiger partial charge in [-0.25, -0.2) is 0 Å². The SMILES string of the molecule is CCC1c2cccc(CN3CCN(Cc4c(OC)cc(-c5cn(C)c(=O)c(C)c5C)cc4OC)C4(CC4)C3)c2CCN1C(=O)C(C#N)=CC(C)(C)C. The Morgan fingerprint density at radius 2 is 1.73 bits per heavy atom. The summed E-state index contributed by atoms with van der Waals surface area (Å²) in [7, 11) is 5.23. The smallest absolute Gasteiger partial charge is 0.264 e. The molecule has 276 valence electrons. The van der Waals surface area contributed by atoms with E-state index in [1.165, 1.54) is 16.7 Å². The molecule has 1 atom stereocenters. The van der Waals surface area contributed by atoms with Gasteiger partial charge in [0.1, 0.15) is 23.1 Å². The topological polar surface area (TPSA) is 91.0 Å². The van der Waals surface area contributed by atoms with Crippen LogP contribution in [-0.4, -0.2) is 71.1 Å². The van der Waals surface area contributed by atoms with Crippen molar-refractivity contribution >= 4 is 5.91 Å². The fraction of sp³-hybridized carbons (Fsp3) is 0.512. The van der Waals surface area contributed by atoms with Gasteiger partial charge in [-0.1, -0.05) is 52.0 Å². The van der Waals surface area contributed by atoms with Crippen LogP contribution in [0, 0.1) is 30.6 Å². The van der Waals surface area contributed by atoms with Crippen molar-refractivity contribution in [3.05, 3.63) is 91.9 Å². The van der Waals surface area contributed by atoms with Crippen LogP contribution in [0.25, 0.3) is 11.1 Å². The summed E-state index contributed by atoms with van der Waals surface area (Å²) in [6.45, 7) is 17.2. The Hall–Kier alpha value is -4.39. The second-order valence-electron chi connectivity index (χ2n) is 16.1. The highest BCUT2D eigenvalue weighted by Gasteiger charge is 2.51. The number of allylic oxidation sites excluding steroid dienone is 1. The molecule has 0 radical (unpaired) electrons. The van der Waals surface area contributed by atoms with Crippen molar-refractivity contribution in [1.29, 1.82) is 5.26 Å². The average Bonchev–Trinajstić information content (AvgIpc) is 3.90. The third kappa shape index (κ3) is 7.16. The van der Waals surface area contributed by atoms with Gasteiger partial charge in [-0.3, -0.25) is 19.4 Å². The van der Waals surface area contributed by atoms with Crippen molar-refractivity contribution < 1.29 is 14.3 Å². The number of aromatic nitrogens is 1. The minimum absolute atomic E-state index is 0.0148. The number of carbonyl (C=O) groups excluding carboxylic acids is 1. The molecule has 1 unspecified atom stereocenters. The number of aryl methyl sites for hydroxylation is 1. The Bertz CT molecular complexity index is 1970. The number of carbonyl (C=O) groups is 1. The third-order valence-electron chi connectivity index (χ3n) is 11.5. The van der Waals surface area contributed by atoms with Crippen LogP contribution in [0.15, 0.2) is 53.0 Å². The van der Waals surface area contributed by atoms with E-state index >= 15 is 0 Å². The first kappa shape index (κ1) is 37.4. The molecule has 1 spiro atoms. The van der Waals surface area contributed by atoms with E-state index in [2.05, 4.69) is 53.1 Å². The maximum absolute atomic E-state index is 13.6. The Morgan fingerprint density at radius 1 is 1.04 bits per heavy atom. The van der Waals surface area contributed by atoms with Crippen LogP contribution < -0.4 is 15.0 Å². The molecule has 9 heteroatoms. The molecule has 1 aromatic heterocycles. The lowest BCUT2D eigenvalue weighted by atomic mass is 9.86. The number of rotatable bonds is 9. The zero-order valence-electron chi connectivity index (χ0n) is 32.6. The molecule has 9 nitrogen and oxygen atoms in total. The maximum atomic E-state index is 13.6. The lowest BCUT2D eigenvalue weighted by molar-refractivity contribution is -0.129. The number of ether oxygens (including phenoxy) is 2. The Kier molecular flexibility index (Phi) is 10.5. The standard InChI is InChI=1S/C43H55N5O4/c1-10-37-34-13-11-12-30(33(34)14-17-48(37)41(50)32(23-44)22-42(4,5)6)24-46-18-19-47(43(27-46)15-16-43)26-36-38(51-8)20-31(21-39(36)52-9)35-25-45(7)40(49)29(3)28(35)2/h11-13,20-22,25,37H,10,14-19,24,26-27H2,1-9H3. The van der Waals surface area contributed by atoms with Gasteiger partial charge >= 0.3 is 0 Å². The van der Waals surface area contributed by atoms with Gasteiger partial charge in [-0.05, 0) is 84.9 Å². The van der Waals surface area contributed by atoms with Gasteiger partial charge in [0.05, 0.1) is 25.8 Å². The molecule has 1 aliphatic carbocycles. The molecule has 2 aliphatic heterocycles. The van der Waals surface area contributed by atoms with Crippen LogP contribution in [0.2, 0.25) is 0 Å². The summed E-state index contributed by atoms with van der Waals surface area (Å²) >= 11 is 0. The lowest BCUT2D eigenvalue weighted by Crippen LogP contribution is -2.54. The van der Waals surface area contributed by atoms with Gasteiger partial charge < -0.3 is 18.9 Å². The quantitative estimate of drug-likeness (QED) is 0.177. The molecule has 2 aromatic carbocycles. The second-order valence-corrected chi connectivity index (χ2v) is 16.1. The van der Waals surface area contributed by atoms with Crippen molar-refractivity contribution in [2.24, 2.45) is 12.5 Å². The normalized spacial score (nSPS) is 19.0. The number of hydrogen-bond donors (Lipinski definition) is 0. The fourth-order valence-electron chi connectivity index (χ4n) is 8.48. The summed E-state index contributed by atoms with van der Waals surface area (Å²) in [5, 5.41) is 9.86. The van der Waals surface area contributed by atoms with Gasteiger partial charge in [-0.2, -0.15) is 5.26 Å². The number of benzene rings is 2. The molecule has 1 saturated heterocycles. The van der Waals surface area contributed by atoms with Crippen LogP contribution in [0.1, 0.15) is 86.4 Å². The van der Waals surface area contributed by atoms with Crippen molar-refractivity contribution in [2.75, 3.05) is 40.4 Å². The third-order valence-corrected chi connectivity index (χ3v) is 11.5. The Balaban J connectivity index is 1.20. The van der Waals surface area contributed by atoms with E-state index in [1.807, 2.05) is 45.7 Å². The Morgan fingerprint density at radius 3 is 2.33 bits per heavy atom. The molecule has 52 heavy (non-hydrogen) atoms. The van der Waals surface area contributed by atoms with Crippen LogP contribution in [0.3, 0.4) is 0 Å². The first-order chi connectivity index (χ1) is 24.7. The van der Waals surface area contributed by atoms with Crippen LogP contribution in [0.4, 0.5) is 0 Å². The number of hydrogen-bond acceptors (Lipinski definition) is 7. The molecular weight excluding hydrogens is 651 g/mol. The molecule has 1 saturated carbocycles. The first-order valence-corrected chi connectivity index (χ1v) is 18.7. The zero-order chi connectivity index (χ0) is 37.5. The van der Waals surface area contributed by atoms with E-state index in [0.717, 1.165) is 97.7 Å². The first-order valence-electron chi connectivity index (χ1n) is 18.7. The number of nitrogens with zero attached hydrogens (tertiary/aromatic N) is 5. The summed E-state index contributed by atoms with van der Waals surface area (Å²) in [4.78, 5) is 33.3. The largest absolute Gasteiger partial charge is 0.496 e. The van der Waals surface area contributed by atoms with E-state index in [4.69, 9.17) is 9.47 Å². The zero-order valence-corrected chi connectivity index (χ0v) is 32.6. The van der Waals surface area contributed by atoms with Crippen molar-refractivity contribution in [3.63, 3.8) is 0 Å². The number of amides is 1. The predicted molar refractivity (Wildman–Crippen MR) is 205 cm³/mol. The van der Waals surface area contributed by atoms with Crippen LogP contribution in [-0.2, 0) is 31.4 Å². The monoisotopic (exact) mass is 705 g/mol. The van der Waals surface area contributed by atoms with Crippen LogP contribution >= 0.6 is 0 Å². The van der Waals surface area contributed by atoms with Gasteiger partial charge in [0.2, 0.25) is 0 Å². The van der Waals surface area contributed by atoms with E-state index in [9.17, 15) is 14.9 Å². The molecule has 2 fully saturated rings. The van der Waals surface area contributed by atoms with Crippen LogP contribution in [0.5, 0.6) is 11.5 Å². The summed E-state index contributed by atoms with van der Waals surface area (Å²) in [6, 6.07) is 12.9. The van der Waals surface area contributed by atoms with E-state index in [-0.39, 0.29) is 34.0 Å². The molecule has 3 aromatic rings. The highest BCUT2D eigenvalue weighted by atomic mass is 16.5. The van der Waals surface area contributed by atoms with Gasteiger partial charge in [0, 0.05) is 69.2 Å². The van der Waals surface area contributed by atoms with Gasteiger partial charge in [-0.15, -0.1) is 0 Å². The predicted octanol–water partition coefficient (Wildman–Crippen LogP) is 6.87. The number of fused-ring (bicyclic) bond motifs is 1. The molecule has 0 N–H and O–H groups in total. The second kappa shape index (κ2) is 14.6. The van der Waals surface area contributed by atoms with Crippen molar-refractivity contribution in [1.82, 2.24) is 19.3 Å². The molecule has 0 bridgehead atoms. The number of piperazine rings is 1. The number of pyridine rings is 1. The summed E-state index contributed by atoms with van der Waals surface area (Å²) in [5.74, 6) is 1.43. The lowest BCUT2D eigenvalue weighted by Gasteiger charge is -2.43. The van der Waals surface area contributed by atoms with Crippen molar-refractivity contribution in [2.45, 2.75) is 91.9 Å². The summed E-state index contributed by atoms with van der Waals surface area (Å²) < 4.78 is 13.7. The van der Waals surface area contributed by atoms with E-state index in [0.29, 0.717) is 6.54 Å². The summed E-state index contributed by atoms with van der Waals surface area (Å²) in [6.07, 6.45) is 7.62. The van der Waals surface area contributed by atoms with E-state index < -0.39 is 0 Å². The maximum Gasteiger partial charge on any atom is 0.264 e. The summed E-state index contributed by atoms with van der Waals surface area (Å²) in [5.41, 5.74) is 8.77. The highest BCUT2D eigenvalue weighted by molar-refractivity contribution is 5.97. The Labute approximate surface area is 309 Å². The van der Waals surface area contributed by atoms with Gasteiger partial charge in [0.15, 0.2) is 0 Å². The number of nitriles is 1. The van der Waals surface area contributed by atoms with Gasteiger partial charge in [0.25, 0.3) is 11.5 Å². The molecule has 3 aliphatic rings. The highest BCUT2D eigenvalue weighted by Crippen LogP contribution is 2.47. The minimum Gasteiger partial charge on any atom is -0.496 e. The molecule has 3 heterocycles.